The van der Waals surface area contributed by atoms with E-state index >= 15 is 0 Å². The lowest BCUT2D eigenvalue weighted by Gasteiger charge is -2.32. The number of nitrogens with one attached hydrogen (secondary N) is 1. The molecule has 2 heterocycles. The number of amides is 1. The minimum atomic E-state index is 0.128. The standard InChI is InChI=1S/C20H29N3O2/c1-16-2-4-17(5-3-16)20(25)18-6-11-22(12-7-18)13-8-19(24)23-14-9-21-10-15-23/h2-5,18,21H,6-15H2,1H3. The van der Waals surface area contributed by atoms with Crippen molar-refractivity contribution in [1.29, 1.82) is 0 Å². The molecule has 0 unspecified atom stereocenters. The Morgan fingerprint density at radius 3 is 2.32 bits per heavy atom. The van der Waals surface area contributed by atoms with Crippen LogP contribution in [0.15, 0.2) is 24.3 Å². The predicted molar refractivity (Wildman–Crippen MR) is 98.7 cm³/mol. The molecule has 0 radical (unpaired) electrons. The fraction of sp³-hybridized carbons (Fsp3) is 0.600. The van der Waals surface area contributed by atoms with E-state index in [1.54, 1.807) is 0 Å². The molecule has 1 amide bonds. The summed E-state index contributed by atoms with van der Waals surface area (Å²) >= 11 is 0. The van der Waals surface area contributed by atoms with Crippen LogP contribution in [0.25, 0.3) is 0 Å². The number of piperazine rings is 1. The van der Waals surface area contributed by atoms with Gasteiger partial charge in [-0.15, -0.1) is 0 Å². The maximum atomic E-state index is 12.6. The predicted octanol–water partition coefficient (Wildman–Crippen LogP) is 1.71. The lowest BCUT2D eigenvalue weighted by atomic mass is 9.88. The fourth-order valence-electron chi connectivity index (χ4n) is 3.70. The topological polar surface area (TPSA) is 52.7 Å². The van der Waals surface area contributed by atoms with Crippen molar-refractivity contribution < 1.29 is 9.59 Å². The van der Waals surface area contributed by atoms with Gasteiger partial charge in [0, 0.05) is 50.6 Å². The van der Waals surface area contributed by atoms with Crippen LogP contribution < -0.4 is 5.32 Å². The molecule has 5 nitrogen and oxygen atoms in total. The van der Waals surface area contributed by atoms with Gasteiger partial charge in [0.1, 0.15) is 0 Å². The van der Waals surface area contributed by atoms with Gasteiger partial charge < -0.3 is 15.1 Å². The third kappa shape index (κ3) is 4.89. The molecule has 0 aliphatic carbocycles. The summed E-state index contributed by atoms with van der Waals surface area (Å²) in [5.41, 5.74) is 2.01. The lowest BCUT2D eigenvalue weighted by Crippen LogP contribution is -2.47. The van der Waals surface area contributed by atoms with Crippen molar-refractivity contribution in [2.75, 3.05) is 45.8 Å². The van der Waals surface area contributed by atoms with Crippen LogP contribution in [0, 0.1) is 12.8 Å². The molecule has 0 atom stereocenters. The number of aryl methyl sites for hydroxylation is 1. The molecule has 0 spiro atoms. The zero-order chi connectivity index (χ0) is 17.6. The minimum Gasteiger partial charge on any atom is -0.340 e. The molecule has 2 aliphatic heterocycles. The number of hydrogen-bond acceptors (Lipinski definition) is 4. The van der Waals surface area contributed by atoms with E-state index in [0.29, 0.717) is 6.42 Å². The van der Waals surface area contributed by atoms with Crippen molar-refractivity contribution in [2.45, 2.75) is 26.2 Å². The summed E-state index contributed by atoms with van der Waals surface area (Å²) in [5.74, 6) is 0.665. The van der Waals surface area contributed by atoms with E-state index in [9.17, 15) is 9.59 Å². The first kappa shape index (κ1) is 18.1. The van der Waals surface area contributed by atoms with E-state index in [0.717, 1.165) is 64.2 Å². The number of likely N-dealkylation sites (tertiary alicyclic amines) is 1. The molecule has 0 bridgehead atoms. The fourth-order valence-corrected chi connectivity index (χ4v) is 3.70. The summed E-state index contributed by atoms with van der Waals surface area (Å²) < 4.78 is 0. The molecule has 0 saturated carbocycles. The van der Waals surface area contributed by atoms with E-state index in [1.807, 2.05) is 36.1 Å². The highest BCUT2D eigenvalue weighted by molar-refractivity contribution is 5.97. The highest BCUT2D eigenvalue weighted by atomic mass is 16.2. The third-order valence-electron chi connectivity index (χ3n) is 5.41. The maximum Gasteiger partial charge on any atom is 0.223 e. The Labute approximate surface area is 150 Å². The van der Waals surface area contributed by atoms with Crippen LogP contribution in [-0.2, 0) is 4.79 Å². The molecular formula is C20H29N3O2. The average molecular weight is 343 g/mol. The van der Waals surface area contributed by atoms with E-state index in [-0.39, 0.29) is 17.6 Å². The largest absolute Gasteiger partial charge is 0.340 e. The smallest absolute Gasteiger partial charge is 0.223 e. The number of carbonyl (C=O) groups excluding carboxylic acids is 2. The van der Waals surface area contributed by atoms with E-state index in [2.05, 4.69) is 10.2 Å². The summed E-state index contributed by atoms with van der Waals surface area (Å²) in [6, 6.07) is 7.89. The van der Waals surface area contributed by atoms with Crippen LogP contribution in [0.4, 0.5) is 0 Å². The highest BCUT2D eigenvalue weighted by Gasteiger charge is 2.26. The second kappa shape index (κ2) is 8.59. The summed E-state index contributed by atoms with van der Waals surface area (Å²) in [6.45, 7) is 8.13. The molecule has 1 N–H and O–H groups in total. The number of ketones is 1. The van der Waals surface area contributed by atoms with Crippen LogP contribution in [0.5, 0.6) is 0 Å². The van der Waals surface area contributed by atoms with Gasteiger partial charge in [-0.2, -0.15) is 0 Å². The van der Waals surface area contributed by atoms with Gasteiger partial charge in [0.2, 0.25) is 5.91 Å². The summed E-state index contributed by atoms with van der Waals surface area (Å²) in [4.78, 5) is 29.1. The first-order valence-electron chi connectivity index (χ1n) is 9.45. The zero-order valence-electron chi connectivity index (χ0n) is 15.2. The van der Waals surface area contributed by atoms with Crippen molar-refractivity contribution in [3.8, 4) is 0 Å². The Kier molecular flexibility index (Phi) is 6.21. The van der Waals surface area contributed by atoms with Crippen molar-refractivity contribution in [3.05, 3.63) is 35.4 Å². The first-order valence-corrected chi connectivity index (χ1v) is 9.45. The summed E-state index contributed by atoms with van der Waals surface area (Å²) in [7, 11) is 0. The average Bonchev–Trinajstić information content (AvgIpc) is 2.67. The summed E-state index contributed by atoms with van der Waals surface area (Å²) in [5, 5.41) is 3.27. The molecule has 136 valence electrons. The SMILES string of the molecule is Cc1ccc(C(=O)C2CCN(CCC(=O)N3CCNCC3)CC2)cc1. The van der Waals surface area contributed by atoms with Crippen LogP contribution in [0.1, 0.15) is 35.2 Å². The quantitative estimate of drug-likeness (QED) is 0.827. The highest BCUT2D eigenvalue weighted by Crippen LogP contribution is 2.22. The molecule has 2 fully saturated rings. The molecule has 5 heteroatoms. The Balaban J connectivity index is 1.41. The number of piperidine rings is 1. The van der Waals surface area contributed by atoms with Crippen molar-refractivity contribution in [3.63, 3.8) is 0 Å². The molecule has 2 aliphatic rings. The monoisotopic (exact) mass is 343 g/mol. The second-order valence-electron chi connectivity index (χ2n) is 7.23. The maximum absolute atomic E-state index is 12.6. The first-order chi connectivity index (χ1) is 12.1. The van der Waals surface area contributed by atoms with Gasteiger partial charge >= 0.3 is 0 Å². The Morgan fingerprint density at radius 2 is 1.68 bits per heavy atom. The van der Waals surface area contributed by atoms with Gasteiger partial charge in [-0.25, -0.2) is 0 Å². The number of hydrogen-bond donors (Lipinski definition) is 1. The van der Waals surface area contributed by atoms with Gasteiger partial charge in [-0.3, -0.25) is 9.59 Å². The molecule has 0 aromatic heterocycles. The van der Waals surface area contributed by atoms with Crippen molar-refractivity contribution in [2.24, 2.45) is 5.92 Å². The van der Waals surface area contributed by atoms with E-state index in [1.165, 1.54) is 5.56 Å². The van der Waals surface area contributed by atoms with Gasteiger partial charge in [-0.05, 0) is 32.9 Å². The van der Waals surface area contributed by atoms with Crippen LogP contribution in [-0.4, -0.2) is 67.3 Å². The zero-order valence-corrected chi connectivity index (χ0v) is 15.2. The van der Waals surface area contributed by atoms with Crippen LogP contribution in [0.2, 0.25) is 0 Å². The lowest BCUT2D eigenvalue weighted by molar-refractivity contribution is -0.132. The van der Waals surface area contributed by atoms with Gasteiger partial charge in [-0.1, -0.05) is 29.8 Å². The number of benzene rings is 1. The van der Waals surface area contributed by atoms with Crippen molar-refractivity contribution >= 4 is 11.7 Å². The molecule has 25 heavy (non-hydrogen) atoms. The Morgan fingerprint density at radius 1 is 1.04 bits per heavy atom. The molecule has 3 rings (SSSR count). The molecular weight excluding hydrogens is 314 g/mol. The summed E-state index contributed by atoms with van der Waals surface area (Å²) in [6.07, 6.45) is 2.39. The number of nitrogens with zero attached hydrogens (tertiary/aromatic N) is 2. The van der Waals surface area contributed by atoms with Gasteiger partial charge in [0.25, 0.3) is 0 Å². The number of carbonyl (C=O) groups is 2. The normalized spacial score (nSPS) is 19.8. The van der Waals surface area contributed by atoms with Crippen molar-refractivity contribution in [1.82, 2.24) is 15.1 Å². The van der Waals surface area contributed by atoms with E-state index in [4.69, 9.17) is 0 Å². The van der Waals surface area contributed by atoms with Crippen LogP contribution >= 0.6 is 0 Å². The van der Waals surface area contributed by atoms with E-state index < -0.39 is 0 Å². The number of rotatable bonds is 5. The Hall–Kier alpha value is -1.72. The van der Waals surface area contributed by atoms with Gasteiger partial charge in [0.15, 0.2) is 5.78 Å². The third-order valence-corrected chi connectivity index (χ3v) is 5.41. The second-order valence-corrected chi connectivity index (χ2v) is 7.23. The Bertz CT molecular complexity index is 585. The minimum absolute atomic E-state index is 0.128. The van der Waals surface area contributed by atoms with Gasteiger partial charge in [0.05, 0.1) is 0 Å². The molecule has 1 aromatic rings. The number of Topliss-reactive ketones (excluding diaryl/α,β-unsaturated/α-hetero) is 1. The van der Waals surface area contributed by atoms with Crippen LogP contribution in [0.3, 0.4) is 0 Å². The molecule has 1 aromatic carbocycles. The molecule has 2 saturated heterocycles.